The molecule has 0 aliphatic carbocycles. The molecule has 2 aromatic rings. The maximum Gasteiger partial charge on any atom is 0.135 e. The van der Waals surface area contributed by atoms with Crippen molar-refractivity contribution in [2.75, 3.05) is 17.7 Å². The Morgan fingerprint density at radius 2 is 1.95 bits per heavy atom. The van der Waals surface area contributed by atoms with E-state index in [1.54, 1.807) is 11.3 Å². The first-order chi connectivity index (χ1) is 9.13. The molecule has 0 unspecified atom stereocenters. The molecule has 0 bridgehead atoms. The van der Waals surface area contributed by atoms with Crippen molar-refractivity contribution in [1.82, 2.24) is 15.0 Å². The number of hydrogen-bond donors (Lipinski definition) is 2. The van der Waals surface area contributed by atoms with E-state index < -0.39 is 0 Å². The summed E-state index contributed by atoms with van der Waals surface area (Å²) in [5, 5.41) is 7.53. The van der Waals surface area contributed by atoms with Crippen molar-refractivity contribution in [2.24, 2.45) is 0 Å². The second-order valence-electron chi connectivity index (χ2n) is 4.28. The minimum absolute atomic E-state index is 0.697. The average Bonchev–Trinajstić information content (AvgIpc) is 2.83. The second kappa shape index (κ2) is 5.97. The van der Waals surface area contributed by atoms with Crippen molar-refractivity contribution >= 4 is 23.0 Å². The third-order valence-corrected chi connectivity index (χ3v) is 3.73. The van der Waals surface area contributed by atoms with Gasteiger partial charge in [0.05, 0.1) is 6.54 Å². The summed E-state index contributed by atoms with van der Waals surface area (Å²) < 4.78 is 0. The van der Waals surface area contributed by atoms with Gasteiger partial charge in [0.15, 0.2) is 0 Å². The summed E-state index contributed by atoms with van der Waals surface area (Å²) in [5.74, 6) is 2.60. The van der Waals surface area contributed by atoms with Crippen LogP contribution in [0.5, 0.6) is 0 Å². The SMILES string of the molecule is CCc1nc(NC)c(C)c(NCc2ncc(C)s2)n1. The summed E-state index contributed by atoms with van der Waals surface area (Å²) >= 11 is 1.70. The van der Waals surface area contributed by atoms with Crippen LogP contribution in [-0.4, -0.2) is 22.0 Å². The molecule has 102 valence electrons. The van der Waals surface area contributed by atoms with Crippen LogP contribution in [0.2, 0.25) is 0 Å². The van der Waals surface area contributed by atoms with E-state index >= 15 is 0 Å². The molecular formula is C13H19N5S. The maximum absolute atomic E-state index is 4.54. The number of hydrogen-bond acceptors (Lipinski definition) is 6. The van der Waals surface area contributed by atoms with Crippen LogP contribution in [0.25, 0.3) is 0 Å². The van der Waals surface area contributed by atoms with Gasteiger partial charge in [-0.05, 0) is 13.8 Å². The van der Waals surface area contributed by atoms with Gasteiger partial charge < -0.3 is 10.6 Å². The van der Waals surface area contributed by atoms with E-state index in [-0.39, 0.29) is 0 Å². The summed E-state index contributed by atoms with van der Waals surface area (Å²) in [4.78, 5) is 14.6. The Labute approximate surface area is 117 Å². The fraction of sp³-hybridized carbons (Fsp3) is 0.462. The highest BCUT2D eigenvalue weighted by atomic mass is 32.1. The molecule has 0 atom stereocenters. The molecule has 0 amide bonds. The van der Waals surface area contributed by atoms with E-state index in [4.69, 9.17) is 0 Å². The molecule has 0 saturated carbocycles. The summed E-state index contributed by atoms with van der Waals surface area (Å²) in [5.41, 5.74) is 1.04. The third-order valence-electron chi connectivity index (χ3n) is 2.82. The Balaban J connectivity index is 2.19. The number of rotatable bonds is 5. The van der Waals surface area contributed by atoms with Gasteiger partial charge in [-0.25, -0.2) is 15.0 Å². The highest BCUT2D eigenvalue weighted by Crippen LogP contribution is 2.21. The predicted octanol–water partition coefficient (Wildman–Crippen LogP) is 2.77. The Hall–Kier alpha value is -1.69. The Morgan fingerprint density at radius 3 is 2.53 bits per heavy atom. The lowest BCUT2D eigenvalue weighted by atomic mass is 10.3. The quantitative estimate of drug-likeness (QED) is 0.880. The molecule has 2 aromatic heterocycles. The molecule has 2 rings (SSSR count). The topological polar surface area (TPSA) is 62.7 Å². The van der Waals surface area contributed by atoms with Crippen molar-refractivity contribution in [3.63, 3.8) is 0 Å². The van der Waals surface area contributed by atoms with Gasteiger partial charge in [0.2, 0.25) is 0 Å². The van der Waals surface area contributed by atoms with Gasteiger partial charge in [0.1, 0.15) is 22.5 Å². The maximum atomic E-state index is 4.54. The highest BCUT2D eigenvalue weighted by molar-refractivity contribution is 7.11. The minimum Gasteiger partial charge on any atom is -0.373 e. The molecule has 2 heterocycles. The van der Waals surface area contributed by atoms with Crippen LogP contribution in [0.3, 0.4) is 0 Å². The van der Waals surface area contributed by atoms with Crippen molar-refractivity contribution in [1.29, 1.82) is 0 Å². The van der Waals surface area contributed by atoms with E-state index in [1.807, 2.05) is 20.2 Å². The van der Waals surface area contributed by atoms with Crippen molar-refractivity contribution in [3.8, 4) is 0 Å². The summed E-state index contributed by atoms with van der Waals surface area (Å²) in [6.07, 6.45) is 2.71. The second-order valence-corrected chi connectivity index (χ2v) is 5.60. The predicted molar refractivity (Wildman–Crippen MR) is 79.9 cm³/mol. The van der Waals surface area contributed by atoms with Crippen LogP contribution >= 0.6 is 11.3 Å². The number of anilines is 2. The molecule has 0 aliphatic heterocycles. The minimum atomic E-state index is 0.697. The first-order valence-corrected chi connectivity index (χ1v) is 7.16. The van der Waals surface area contributed by atoms with Gasteiger partial charge in [-0.15, -0.1) is 11.3 Å². The lowest BCUT2D eigenvalue weighted by Crippen LogP contribution is -2.09. The summed E-state index contributed by atoms with van der Waals surface area (Å²) in [6.45, 7) is 6.83. The largest absolute Gasteiger partial charge is 0.373 e. The number of nitrogens with one attached hydrogen (secondary N) is 2. The molecular weight excluding hydrogens is 258 g/mol. The molecule has 0 saturated heterocycles. The summed E-state index contributed by atoms with van der Waals surface area (Å²) in [7, 11) is 1.88. The van der Waals surface area contributed by atoms with Crippen LogP contribution in [0.1, 0.15) is 28.2 Å². The number of thiazole rings is 1. The van der Waals surface area contributed by atoms with Crippen molar-refractivity contribution < 1.29 is 0 Å². The van der Waals surface area contributed by atoms with Gasteiger partial charge in [-0.2, -0.15) is 0 Å². The highest BCUT2D eigenvalue weighted by Gasteiger charge is 2.09. The lowest BCUT2D eigenvalue weighted by Gasteiger charge is -2.12. The Bertz CT molecular complexity index is 564. The van der Waals surface area contributed by atoms with Gasteiger partial charge in [-0.3, -0.25) is 0 Å². The standard InChI is InChI=1S/C13H19N5S/c1-5-10-17-12(14-4)9(3)13(18-10)16-7-11-15-6-8(2)19-11/h6H,5,7H2,1-4H3,(H2,14,16,17,18). The zero-order valence-electron chi connectivity index (χ0n) is 11.7. The number of nitrogens with zero attached hydrogens (tertiary/aromatic N) is 3. The lowest BCUT2D eigenvalue weighted by molar-refractivity contribution is 0.923. The Kier molecular flexibility index (Phi) is 4.31. The van der Waals surface area contributed by atoms with Gasteiger partial charge in [0, 0.05) is 30.1 Å². The molecule has 0 fully saturated rings. The van der Waals surface area contributed by atoms with E-state index in [9.17, 15) is 0 Å². The average molecular weight is 277 g/mol. The fourth-order valence-electron chi connectivity index (χ4n) is 1.78. The van der Waals surface area contributed by atoms with Gasteiger partial charge in [0.25, 0.3) is 0 Å². The third kappa shape index (κ3) is 3.20. The molecule has 6 heteroatoms. The van der Waals surface area contributed by atoms with Crippen LogP contribution in [0, 0.1) is 13.8 Å². The van der Waals surface area contributed by atoms with Gasteiger partial charge >= 0.3 is 0 Å². The zero-order chi connectivity index (χ0) is 13.8. The Morgan fingerprint density at radius 1 is 1.21 bits per heavy atom. The van der Waals surface area contributed by atoms with E-state index in [0.717, 1.165) is 34.5 Å². The first-order valence-electron chi connectivity index (χ1n) is 6.34. The first kappa shape index (κ1) is 13.7. The van der Waals surface area contributed by atoms with Gasteiger partial charge in [-0.1, -0.05) is 6.92 Å². The molecule has 5 nitrogen and oxygen atoms in total. The molecule has 0 aromatic carbocycles. The van der Waals surface area contributed by atoms with Crippen molar-refractivity contribution in [3.05, 3.63) is 27.5 Å². The van der Waals surface area contributed by atoms with E-state index in [2.05, 4.69) is 39.4 Å². The molecule has 2 N–H and O–H groups in total. The monoisotopic (exact) mass is 277 g/mol. The molecule has 0 spiro atoms. The molecule has 19 heavy (non-hydrogen) atoms. The zero-order valence-corrected chi connectivity index (χ0v) is 12.6. The van der Waals surface area contributed by atoms with Crippen molar-refractivity contribution in [2.45, 2.75) is 33.7 Å². The van der Waals surface area contributed by atoms with Crippen LogP contribution < -0.4 is 10.6 Å². The number of aryl methyl sites for hydroxylation is 2. The smallest absolute Gasteiger partial charge is 0.135 e. The van der Waals surface area contributed by atoms with Crippen LogP contribution in [0.15, 0.2) is 6.20 Å². The van der Waals surface area contributed by atoms with Crippen LogP contribution in [0.4, 0.5) is 11.6 Å². The van der Waals surface area contributed by atoms with E-state index in [0.29, 0.717) is 6.54 Å². The van der Waals surface area contributed by atoms with E-state index in [1.165, 1.54) is 4.88 Å². The normalized spacial score (nSPS) is 10.5. The van der Waals surface area contributed by atoms with Crippen LogP contribution in [-0.2, 0) is 13.0 Å². The summed E-state index contributed by atoms with van der Waals surface area (Å²) in [6, 6.07) is 0. The number of aromatic nitrogens is 3. The molecule has 0 aliphatic rings. The fourth-order valence-corrected chi connectivity index (χ4v) is 2.51. The molecule has 0 radical (unpaired) electrons.